The highest BCUT2D eigenvalue weighted by Gasteiger charge is 2.91. The van der Waals surface area contributed by atoms with E-state index in [2.05, 4.69) is 88.0 Å². The monoisotopic (exact) mass is 696 g/mol. The Morgan fingerprint density at radius 3 is 1.94 bits per heavy atom. The summed E-state index contributed by atoms with van der Waals surface area (Å²) in [6.07, 6.45) is 14.5. The average Bonchev–Trinajstić information content (AvgIpc) is 3.53. The third-order valence-electron chi connectivity index (χ3n) is 19.7. The molecular formula is C46H52N2O4. The van der Waals surface area contributed by atoms with Crippen LogP contribution >= 0.6 is 0 Å². The highest BCUT2D eigenvalue weighted by molar-refractivity contribution is 5.82. The number of likely N-dealkylation sites (tertiary alicyclic amines) is 2. The van der Waals surface area contributed by atoms with E-state index in [0.29, 0.717) is 29.2 Å². The number of carbonyl (C=O) groups is 2. The van der Waals surface area contributed by atoms with Crippen molar-refractivity contribution < 1.29 is 19.1 Å². The zero-order chi connectivity index (χ0) is 35.7. The quantitative estimate of drug-likeness (QED) is 0.261. The number of Topliss-reactive ketones (excluding diaryl/α,β-unsaturated/α-hetero) is 2. The van der Waals surface area contributed by atoms with E-state index in [-0.39, 0.29) is 62.1 Å². The minimum atomic E-state index is -0.190. The smallest absolute Gasteiger partial charge is 0.133 e. The lowest BCUT2D eigenvalue weighted by Crippen LogP contribution is -2.70. The van der Waals surface area contributed by atoms with Crippen molar-refractivity contribution in [3.8, 4) is 11.5 Å². The fraction of sp³-hybridized carbons (Fsp3) is 0.652. The van der Waals surface area contributed by atoms with Crippen LogP contribution in [0.25, 0.3) is 0 Å². The van der Waals surface area contributed by atoms with Gasteiger partial charge in [0.2, 0.25) is 0 Å². The van der Waals surface area contributed by atoms with Gasteiger partial charge in [0.05, 0.1) is 0 Å². The third kappa shape index (κ3) is 2.52. The third-order valence-corrected chi connectivity index (χ3v) is 19.7. The van der Waals surface area contributed by atoms with E-state index in [1.165, 1.54) is 53.7 Å². The van der Waals surface area contributed by atoms with E-state index in [1.807, 2.05) is 6.92 Å². The molecule has 8 fully saturated rings. The maximum Gasteiger partial charge on any atom is 0.133 e. The molecule has 10 aliphatic carbocycles. The molecule has 0 N–H and O–H groups in total. The summed E-state index contributed by atoms with van der Waals surface area (Å²) in [4.78, 5) is 30.7. The molecule has 0 amide bonds. The number of benzene rings is 2. The number of hydrogen-bond acceptors (Lipinski definition) is 6. The number of carbonyl (C=O) groups excluding carboxylic acids is 2. The van der Waals surface area contributed by atoms with Crippen LogP contribution in [0, 0.1) is 47.3 Å². The Balaban J connectivity index is 0.000000113. The van der Waals surface area contributed by atoms with Gasteiger partial charge in [-0.1, -0.05) is 50.3 Å². The summed E-state index contributed by atoms with van der Waals surface area (Å²) in [5.41, 5.74) is 9.65. The summed E-state index contributed by atoms with van der Waals surface area (Å²) in [5, 5.41) is 0. The Kier molecular flexibility index (Phi) is 4.69. The fourth-order valence-corrected chi connectivity index (χ4v) is 18.1. The van der Waals surface area contributed by atoms with Crippen molar-refractivity contribution in [1.29, 1.82) is 0 Å². The first-order chi connectivity index (χ1) is 24.6. The van der Waals surface area contributed by atoms with Crippen LogP contribution in [0.3, 0.4) is 0 Å². The molecule has 16 atom stereocenters. The van der Waals surface area contributed by atoms with Gasteiger partial charge in [-0.3, -0.25) is 19.4 Å². The zero-order valence-electron chi connectivity index (χ0n) is 32.1. The predicted octanol–water partition coefficient (Wildman–Crippen LogP) is 6.58. The van der Waals surface area contributed by atoms with E-state index in [4.69, 9.17) is 9.47 Å². The van der Waals surface area contributed by atoms with Crippen molar-refractivity contribution in [3.63, 3.8) is 0 Å². The van der Waals surface area contributed by atoms with E-state index >= 15 is 0 Å². The number of nitrogens with zero attached hydrogens (tertiary/aromatic N) is 2. The number of ketones is 2. The molecule has 8 bridgehead atoms. The molecule has 0 radical (unpaired) electrons. The molecule has 52 heavy (non-hydrogen) atoms. The Bertz CT molecular complexity index is 2220. The topological polar surface area (TPSA) is 58.6 Å². The highest BCUT2D eigenvalue weighted by atomic mass is 16.5. The average molecular weight is 697 g/mol. The second kappa shape index (κ2) is 8.03. The SMILES string of the molecule is CC(=O)C1CC23C=CC1(C)C1Oc4c(C)ccc5c4[C@@]12CC1(C5)[C@H]3N1C.CC(=O)C1CC23CCC1(C)C1Oc4c(C)ccc5c4[C@@]12CC1(C5)[C@H]3N1C. The van der Waals surface area contributed by atoms with Crippen LogP contribution in [0.5, 0.6) is 11.5 Å². The van der Waals surface area contributed by atoms with Crippen LogP contribution in [-0.4, -0.2) is 70.8 Å². The van der Waals surface area contributed by atoms with Crippen molar-refractivity contribution in [3.05, 3.63) is 69.8 Å². The first-order valence-electron chi connectivity index (χ1n) is 20.4. The minimum Gasteiger partial charge on any atom is -0.488 e. The van der Waals surface area contributed by atoms with E-state index in [1.54, 1.807) is 18.1 Å². The van der Waals surface area contributed by atoms with Crippen LogP contribution in [0.1, 0.15) is 99.6 Å². The van der Waals surface area contributed by atoms with Crippen LogP contribution in [0.2, 0.25) is 0 Å². The number of rotatable bonds is 2. The number of fused-ring (bicyclic) bond motifs is 3. The predicted molar refractivity (Wildman–Crippen MR) is 197 cm³/mol. The first-order valence-corrected chi connectivity index (χ1v) is 20.4. The van der Waals surface area contributed by atoms with Gasteiger partial charge in [0.15, 0.2) is 0 Å². The van der Waals surface area contributed by atoms with Crippen molar-refractivity contribution in [2.24, 2.45) is 33.5 Å². The van der Waals surface area contributed by atoms with Gasteiger partial charge in [-0.15, -0.1) is 0 Å². The summed E-state index contributed by atoms with van der Waals surface area (Å²) in [6.45, 7) is 12.7. The Hall–Kier alpha value is -2.96. The molecule has 14 aliphatic rings. The Morgan fingerprint density at radius 1 is 0.712 bits per heavy atom. The summed E-state index contributed by atoms with van der Waals surface area (Å²) in [7, 11) is 4.64. The molecular weight excluding hydrogens is 645 g/mol. The lowest BCUT2D eigenvalue weighted by Gasteiger charge is -2.66. The Labute approximate surface area is 307 Å². The van der Waals surface area contributed by atoms with Crippen LogP contribution in [0.4, 0.5) is 0 Å². The summed E-state index contributed by atoms with van der Waals surface area (Å²) >= 11 is 0. The van der Waals surface area contributed by atoms with E-state index in [9.17, 15) is 9.59 Å². The van der Waals surface area contributed by atoms with Gasteiger partial charge in [0.1, 0.15) is 35.3 Å². The number of ether oxygens (including phenoxy) is 2. The van der Waals surface area contributed by atoms with Crippen molar-refractivity contribution in [1.82, 2.24) is 9.80 Å². The van der Waals surface area contributed by atoms with Gasteiger partial charge in [-0.2, -0.15) is 0 Å². The molecule has 6 saturated carbocycles. The standard InChI is InChI=1S/C23H27NO2.C23H25NO2/c2*1-12-5-6-14-9-22-11-23-16(14)17(12)26-19(23)20(3)7-8-21(23,18(22)24(22)4)10-15(20)13(2)25/h5-6,15,18-19H,7-11H2,1-4H3;5-8,15,18-19H,9-11H2,1-4H3/t2*15?,18-,19?,20?,21?,22?,23-,24?/m00/s1. The van der Waals surface area contributed by atoms with Gasteiger partial charge in [0, 0.05) is 78.6 Å². The summed E-state index contributed by atoms with van der Waals surface area (Å²) in [5.74, 6) is 3.29. The number of hydrogen-bond donors (Lipinski definition) is 0. The molecule has 6 nitrogen and oxygen atoms in total. The van der Waals surface area contributed by atoms with Gasteiger partial charge in [-0.25, -0.2) is 0 Å². The largest absolute Gasteiger partial charge is 0.488 e. The number of piperidine rings is 2. The van der Waals surface area contributed by atoms with Crippen LogP contribution in [-0.2, 0) is 33.3 Å². The molecule has 270 valence electrons. The van der Waals surface area contributed by atoms with Gasteiger partial charge in [0.25, 0.3) is 0 Å². The molecule has 16 rings (SSSR count). The maximum absolute atomic E-state index is 12.7. The Morgan fingerprint density at radius 2 is 1.29 bits per heavy atom. The molecule has 6 spiro atoms. The molecule has 2 aromatic carbocycles. The first kappa shape index (κ1) is 30.4. The van der Waals surface area contributed by atoms with Crippen molar-refractivity contribution >= 4 is 11.6 Å². The van der Waals surface area contributed by atoms with Crippen LogP contribution in [0.15, 0.2) is 36.4 Å². The highest BCUT2D eigenvalue weighted by Crippen LogP contribution is 2.86. The molecule has 4 heterocycles. The molecule has 12 unspecified atom stereocenters. The van der Waals surface area contributed by atoms with Crippen molar-refractivity contribution in [2.45, 2.75) is 139 Å². The van der Waals surface area contributed by atoms with E-state index < -0.39 is 0 Å². The van der Waals surface area contributed by atoms with Crippen LogP contribution < -0.4 is 9.47 Å². The molecule has 2 saturated heterocycles. The van der Waals surface area contributed by atoms with E-state index in [0.717, 1.165) is 31.4 Å². The molecule has 4 aliphatic heterocycles. The second-order valence-corrected chi connectivity index (χ2v) is 21.0. The fourth-order valence-electron chi connectivity index (χ4n) is 18.1. The maximum atomic E-state index is 12.7. The second-order valence-electron chi connectivity index (χ2n) is 21.0. The zero-order valence-corrected chi connectivity index (χ0v) is 32.1. The number of aryl methyl sites for hydroxylation is 2. The normalized spacial score (nSPS) is 55.7. The van der Waals surface area contributed by atoms with Gasteiger partial charge < -0.3 is 9.47 Å². The number of likely N-dealkylation sites (N-methyl/N-ethyl adjacent to an activating group) is 2. The molecule has 0 aromatic heterocycles. The van der Waals surface area contributed by atoms with Gasteiger partial charge in [-0.05, 0) is 115 Å². The summed E-state index contributed by atoms with van der Waals surface area (Å²) < 4.78 is 13.7. The van der Waals surface area contributed by atoms with Crippen molar-refractivity contribution in [2.75, 3.05) is 14.1 Å². The summed E-state index contributed by atoms with van der Waals surface area (Å²) in [6, 6.07) is 10.5. The molecule has 6 heteroatoms. The lowest BCUT2D eigenvalue weighted by atomic mass is 9.37. The molecule has 2 aromatic rings. The lowest BCUT2D eigenvalue weighted by molar-refractivity contribution is -0.187. The minimum absolute atomic E-state index is 0.00973. The van der Waals surface area contributed by atoms with Gasteiger partial charge >= 0.3 is 0 Å².